The van der Waals surface area contributed by atoms with E-state index in [0.717, 1.165) is 11.8 Å². The van der Waals surface area contributed by atoms with Crippen molar-refractivity contribution in [3.8, 4) is 0 Å². The Bertz CT molecular complexity index is 648. The summed E-state index contributed by atoms with van der Waals surface area (Å²) in [5.41, 5.74) is 0.966. The van der Waals surface area contributed by atoms with Gasteiger partial charge in [0.2, 0.25) is 0 Å². The van der Waals surface area contributed by atoms with E-state index < -0.39 is 17.7 Å². The third kappa shape index (κ3) is 3.50. The van der Waals surface area contributed by atoms with Crippen molar-refractivity contribution in [1.82, 2.24) is 9.55 Å². The first-order valence-corrected chi connectivity index (χ1v) is 8.07. The molecule has 1 heterocycles. The summed E-state index contributed by atoms with van der Waals surface area (Å²) in [6.07, 6.45) is -0.698. The number of benzene rings is 1. The molecule has 0 aliphatic heterocycles. The number of aliphatic hydroxyl groups is 1. The molecule has 0 saturated carbocycles. The van der Waals surface area contributed by atoms with Crippen LogP contribution in [0.3, 0.4) is 0 Å². The number of halogens is 2. The molecule has 2 aromatic rings. The first-order chi connectivity index (χ1) is 10.3. The molecule has 1 N–H and O–H groups in total. The standard InChI is InChI=1S/C16H20F2N2OS/c1-5-20-14(9(2)3)16(19-15(20)10(4)21)22-13-7-11(17)6-12(18)8-13/h6-10,21H,5H2,1-4H3. The molecule has 0 spiro atoms. The van der Waals surface area contributed by atoms with Crippen molar-refractivity contribution in [1.29, 1.82) is 0 Å². The van der Waals surface area contributed by atoms with Crippen molar-refractivity contribution in [2.24, 2.45) is 0 Å². The zero-order valence-electron chi connectivity index (χ0n) is 13.1. The zero-order chi connectivity index (χ0) is 16.4. The molecule has 1 aromatic carbocycles. The molecule has 0 saturated heterocycles. The van der Waals surface area contributed by atoms with Gasteiger partial charge in [-0.2, -0.15) is 0 Å². The van der Waals surface area contributed by atoms with Crippen molar-refractivity contribution in [2.75, 3.05) is 0 Å². The molecule has 3 nitrogen and oxygen atoms in total. The van der Waals surface area contributed by atoms with E-state index in [1.807, 2.05) is 25.3 Å². The van der Waals surface area contributed by atoms with Gasteiger partial charge in [-0.05, 0) is 31.9 Å². The minimum absolute atomic E-state index is 0.181. The Balaban J connectivity index is 2.49. The topological polar surface area (TPSA) is 38.0 Å². The second kappa shape index (κ2) is 6.79. The number of aromatic nitrogens is 2. The van der Waals surface area contributed by atoms with Crippen molar-refractivity contribution >= 4 is 11.8 Å². The van der Waals surface area contributed by atoms with Gasteiger partial charge in [-0.1, -0.05) is 25.6 Å². The first kappa shape index (κ1) is 17.0. The molecule has 0 aliphatic rings. The average molecular weight is 326 g/mol. The van der Waals surface area contributed by atoms with E-state index in [1.54, 1.807) is 6.92 Å². The van der Waals surface area contributed by atoms with Crippen LogP contribution in [0.1, 0.15) is 51.2 Å². The van der Waals surface area contributed by atoms with Crippen LogP contribution in [0.15, 0.2) is 28.1 Å². The summed E-state index contributed by atoms with van der Waals surface area (Å²) in [6.45, 7) is 8.39. The summed E-state index contributed by atoms with van der Waals surface area (Å²) in [5, 5.41) is 10.6. The maximum atomic E-state index is 13.3. The second-order valence-corrected chi connectivity index (χ2v) is 6.50. The van der Waals surface area contributed by atoms with Gasteiger partial charge in [0.25, 0.3) is 0 Å². The number of hydrogen-bond acceptors (Lipinski definition) is 3. The molecule has 1 atom stereocenters. The molecule has 22 heavy (non-hydrogen) atoms. The van der Waals surface area contributed by atoms with E-state index >= 15 is 0 Å². The summed E-state index contributed by atoms with van der Waals surface area (Å²) < 4.78 is 28.7. The molecule has 6 heteroatoms. The van der Waals surface area contributed by atoms with Crippen LogP contribution in [0, 0.1) is 11.6 Å². The Labute approximate surface area is 133 Å². The van der Waals surface area contributed by atoms with Gasteiger partial charge >= 0.3 is 0 Å². The summed E-state index contributed by atoms with van der Waals surface area (Å²) in [7, 11) is 0. The van der Waals surface area contributed by atoms with Gasteiger partial charge in [-0.3, -0.25) is 0 Å². The van der Waals surface area contributed by atoms with Gasteiger partial charge < -0.3 is 9.67 Å². The van der Waals surface area contributed by atoms with Gasteiger partial charge in [0.1, 0.15) is 28.6 Å². The van der Waals surface area contributed by atoms with Crippen LogP contribution in [0.25, 0.3) is 0 Å². The smallest absolute Gasteiger partial charge is 0.138 e. The maximum Gasteiger partial charge on any atom is 0.138 e. The summed E-state index contributed by atoms with van der Waals surface area (Å²) in [5.74, 6) is -0.468. The fourth-order valence-electron chi connectivity index (χ4n) is 2.44. The number of hydrogen-bond donors (Lipinski definition) is 1. The number of rotatable bonds is 5. The highest BCUT2D eigenvalue weighted by Gasteiger charge is 2.22. The molecule has 1 aromatic heterocycles. The normalized spacial score (nSPS) is 12.9. The zero-order valence-corrected chi connectivity index (χ0v) is 13.9. The van der Waals surface area contributed by atoms with E-state index in [0.29, 0.717) is 22.3 Å². The SMILES string of the molecule is CCn1c(C(C)O)nc(Sc2cc(F)cc(F)c2)c1C(C)C. The van der Waals surface area contributed by atoms with E-state index in [9.17, 15) is 13.9 Å². The summed E-state index contributed by atoms with van der Waals surface area (Å²) in [6, 6.07) is 3.41. The Morgan fingerprint density at radius 3 is 2.23 bits per heavy atom. The van der Waals surface area contributed by atoms with E-state index in [1.165, 1.54) is 23.9 Å². The summed E-state index contributed by atoms with van der Waals surface area (Å²) >= 11 is 1.22. The molecule has 120 valence electrons. The highest BCUT2D eigenvalue weighted by atomic mass is 32.2. The third-order valence-corrected chi connectivity index (χ3v) is 4.26. The molecule has 0 radical (unpaired) electrons. The van der Waals surface area contributed by atoms with Crippen LogP contribution in [-0.4, -0.2) is 14.7 Å². The Morgan fingerprint density at radius 2 is 1.77 bits per heavy atom. The van der Waals surface area contributed by atoms with Crippen LogP contribution < -0.4 is 0 Å². The van der Waals surface area contributed by atoms with E-state index in [-0.39, 0.29) is 5.92 Å². The lowest BCUT2D eigenvalue weighted by Gasteiger charge is -2.14. The predicted molar refractivity (Wildman–Crippen MR) is 83.1 cm³/mol. The van der Waals surface area contributed by atoms with Crippen LogP contribution in [0.4, 0.5) is 8.78 Å². The van der Waals surface area contributed by atoms with Crippen molar-refractivity contribution in [3.05, 3.63) is 41.4 Å². The van der Waals surface area contributed by atoms with Gasteiger partial charge in [0, 0.05) is 17.5 Å². The lowest BCUT2D eigenvalue weighted by Crippen LogP contribution is -2.09. The van der Waals surface area contributed by atoms with Crippen LogP contribution in [0.2, 0.25) is 0 Å². The fraction of sp³-hybridized carbons (Fsp3) is 0.438. The Morgan fingerprint density at radius 1 is 1.18 bits per heavy atom. The van der Waals surface area contributed by atoms with Crippen molar-refractivity contribution < 1.29 is 13.9 Å². The van der Waals surface area contributed by atoms with Crippen LogP contribution in [-0.2, 0) is 6.54 Å². The van der Waals surface area contributed by atoms with Gasteiger partial charge in [-0.15, -0.1) is 0 Å². The molecule has 0 amide bonds. The third-order valence-electron chi connectivity index (χ3n) is 3.29. The summed E-state index contributed by atoms with van der Waals surface area (Å²) in [4.78, 5) is 4.94. The molecule has 0 aliphatic carbocycles. The molecule has 0 bridgehead atoms. The lowest BCUT2D eigenvalue weighted by atomic mass is 10.1. The first-order valence-electron chi connectivity index (χ1n) is 7.25. The Hall–Kier alpha value is -1.40. The molecule has 0 fully saturated rings. The predicted octanol–water partition coefficient (Wildman–Crippen LogP) is 4.51. The average Bonchev–Trinajstić information content (AvgIpc) is 2.76. The molecule has 2 rings (SSSR count). The second-order valence-electron chi connectivity index (χ2n) is 5.44. The number of imidazole rings is 1. The minimum atomic E-state index is -0.698. The molecule has 1 unspecified atom stereocenters. The number of aliphatic hydroxyl groups excluding tert-OH is 1. The largest absolute Gasteiger partial charge is 0.385 e. The van der Waals surface area contributed by atoms with E-state index in [4.69, 9.17) is 0 Å². The van der Waals surface area contributed by atoms with Gasteiger partial charge in [-0.25, -0.2) is 13.8 Å². The maximum absolute atomic E-state index is 13.3. The number of nitrogens with zero attached hydrogens (tertiary/aromatic N) is 2. The highest BCUT2D eigenvalue weighted by molar-refractivity contribution is 7.99. The van der Waals surface area contributed by atoms with Crippen molar-refractivity contribution in [3.63, 3.8) is 0 Å². The van der Waals surface area contributed by atoms with Crippen LogP contribution in [0.5, 0.6) is 0 Å². The molecular formula is C16H20F2N2OS. The monoisotopic (exact) mass is 326 g/mol. The van der Waals surface area contributed by atoms with Gasteiger partial charge in [0.15, 0.2) is 0 Å². The van der Waals surface area contributed by atoms with E-state index in [2.05, 4.69) is 4.98 Å². The van der Waals surface area contributed by atoms with Crippen molar-refractivity contribution in [2.45, 2.75) is 56.2 Å². The van der Waals surface area contributed by atoms with Crippen LogP contribution >= 0.6 is 11.8 Å². The molecular weight excluding hydrogens is 306 g/mol. The Kier molecular flexibility index (Phi) is 5.24. The fourth-order valence-corrected chi connectivity index (χ4v) is 3.60. The lowest BCUT2D eigenvalue weighted by molar-refractivity contribution is 0.183. The quantitative estimate of drug-likeness (QED) is 0.878. The van der Waals surface area contributed by atoms with Gasteiger partial charge in [0.05, 0.1) is 5.69 Å². The highest BCUT2D eigenvalue weighted by Crippen LogP contribution is 2.36. The minimum Gasteiger partial charge on any atom is -0.385 e.